The van der Waals surface area contributed by atoms with Crippen LogP contribution in [0, 0.1) is 11.8 Å². The summed E-state index contributed by atoms with van der Waals surface area (Å²) in [7, 11) is 1.79. The van der Waals surface area contributed by atoms with Crippen molar-refractivity contribution < 1.29 is 9.53 Å². The van der Waals surface area contributed by atoms with Gasteiger partial charge < -0.3 is 25.5 Å². The largest absolute Gasteiger partial charge is 0.501 e. The summed E-state index contributed by atoms with van der Waals surface area (Å²) in [4.78, 5) is 25.4. The SMILES string of the molecule is COC1=C(C2CCCC2)c2nc(Nc3ccc(N4CCN(CC(C)C(N)C=O)CC4)cc3)ncc2CC1. The van der Waals surface area contributed by atoms with Crippen LogP contribution in [-0.4, -0.2) is 67.0 Å². The Morgan fingerprint density at radius 2 is 1.86 bits per heavy atom. The number of fused-ring (bicyclic) bond motifs is 1. The lowest BCUT2D eigenvalue weighted by molar-refractivity contribution is -0.109. The first-order valence-electron chi connectivity index (χ1n) is 13.7. The number of nitrogens with one attached hydrogen (secondary N) is 1. The molecule has 1 saturated heterocycles. The number of carbonyl (C=O) groups excluding carboxylic acids is 1. The predicted molar refractivity (Wildman–Crippen MR) is 148 cm³/mol. The molecule has 0 radical (unpaired) electrons. The van der Waals surface area contributed by atoms with Gasteiger partial charge in [0.15, 0.2) is 0 Å². The Labute approximate surface area is 220 Å². The lowest BCUT2D eigenvalue weighted by Crippen LogP contribution is -2.49. The van der Waals surface area contributed by atoms with Gasteiger partial charge in [0.1, 0.15) is 12.0 Å². The summed E-state index contributed by atoms with van der Waals surface area (Å²) >= 11 is 0. The van der Waals surface area contributed by atoms with Crippen molar-refractivity contribution in [3.8, 4) is 0 Å². The number of aryl methyl sites for hydroxylation is 1. The van der Waals surface area contributed by atoms with Gasteiger partial charge in [0.2, 0.25) is 5.95 Å². The number of nitrogens with zero attached hydrogens (tertiary/aromatic N) is 4. The van der Waals surface area contributed by atoms with Crippen molar-refractivity contribution in [1.82, 2.24) is 14.9 Å². The summed E-state index contributed by atoms with van der Waals surface area (Å²) in [5.74, 6) is 2.46. The van der Waals surface area contributed by atoms with Crippen LogP contribution in [0.4, 0.5) is 17.3 Å². The Hall–Kier alpha value is -2.97. The number of carbonyl (C=O) groups is 1. The maximum Gasteiger partial charge on any atom is 0.227 e. The van der Waals surface area contributed by atoms with Gasteiger partial charge in [-0.25, -0.2) is 9.97 Å². The number of hydrogen-bond donors (Lipinski definition) is 2. The van der Waals surface area contributed by atoms with Crippen molar-refractivity contribution in [2.75, 3.05) is 50.1 Å². The third-order valence-electron chi connectivity index (χ3n) is 8.27. The molecule has 2 heterocycles. The van der Waals surface area contributed by atoms with Gasteiger partial charge in [0.05, 0.1) is 18.8 Å². The normalized spacial score (nSPS) is 20.5. The third kappa shape index (κ3) is 5.80. The molecule has 8 heteroatoms. The van der Waals surface area contributed by atoms with E-state index in [1.165, 1.54) is 42.5 Å². The first kappa shape index (κ1) is 25.7. The van der Waals surface area contributed by atoms with Crippen LogP contribution >= 0.6 is 0 Å². The van der Waals surface area contributed by atoms with Crippen LogP contribution in [0.3, 0.4) is 0 Å². The quantitative estimate of drug-likeness (QED) is 0.495. The molecule has 1 aromatic heterocycles. The Morgan fingerprint density at radius 3 is 2.54 bits per heavy atom. The zero-order valence-corrected chi connectivity index (χ0v) is 22.2. The van der Waals surface area contributed by atoms with Gasteiger partial charge in [-0.1, -0.05) is 19.8 Å². The van der Waals surface area contributed by atoms with Crippen molar-refractivity contribution in [2.45, 2.75) is 51.5 Å². The van der Waals surface area contributed by atoms with Crippen molar-refractivity contribution >= 4 is 29.2 Å². The molecule has 198 valence electrons. The highest BCUT2D eigenvalue weighted by Crippen LogP contribution is 2.42. The monoisotopic (exact) mass is 504 g/mol. The Kier molecular flexibility index (Phi) is 8.05. The van der Waals surface area contributed by atoms with Gasteiger partial charge in [-0.3, -0.25) is 4.90 Å². The van der Waals surface area contributed by atoms with Gasteiger partial charge in [-0.15, -0.1) is 0 Å². The molecule has 3 N–H and O–H groups in total. The molecule has 1 aliphatic heterocycles. The molecule has 8 nitrogen and oxygen atoms in total. The van der Waals surface area contributed by atoms with E-state index in [0.717, 1.165) is 69.0 Å². The number of aromatic nitrogens is 2. The minimum atomic E-state index is -0.385. The highest BCUT2D eigenvalue weighted by atomic mass is 16.5. The molecule has 2 atom stereocenters. The summed E-state index contributed by atoms with van der Waals surface area (Å²) in [6, 6.07) is 8.14. The minimum Gasteiger partial charge on any atom is -0.501 e. The zero-order valence-electron chi connectivity index (χ0n) is 22.2. The van der Waals surface area contributed by atoms with Crippen LogP contribution in [0.2, 0.25) is 0 Å². The minimum absolute atomic E-state index is 0.172. The van der Waals surface area contributed by atoms with Crippen LogP contribution in [0.1, 0.15) is 50.3 Å². The van der Waals surface area contributed by atoms with Gasteiger partial charge in [0.25, 0.3) is 0 Å². The number of methoxy groups -OCH3 is 1. The second-order valence-electron chi connectivity index (χ2n) is 10.7. The van der Waals surface area contributed by atoms with Crippen molar-refractivity contribution in [3.05, 3.63) is 47.5 Å². The summed E-state index contributed by atoms with van der Waals surface area (Å²) in [6.07, 6.45) is 9.71. The lowest BCUT2D eigenvalue weighted by atomic mass is 9.85. The first-order valence-corrected chi connectivity index (χ1v) is 13.7. The van der Waals surface area contributed by atoms with Crippen LogP contribution < -0.4 is 16.0 Å². The molecule has 2 aliphatic carbocycles. The maximum atomic E-state index is 11.0. The van der Waals surface area contributed by atoms with E-state index in [1.807, 2.05) is 13.1 Å². The fourth-order valence-corrected chi connectivity index (χ4v) is 5.98. The summed E-state index contributed by atoms with van der Waals surface area (Å²) in [6.45, 7) is 6.77. The number of anilines is 3. The number of hydrogen-bond acceptors (Lipinski definition) is 8. The second kappa shape index (κ2) is 11.6. The van der Waals surface area contributed by atoms with E-state index in [-0.39, 0.29) is 12.0 Å². The number of aldehydes is 1. The highest BCUT2D eigenvalue weighted by Gasteiger charge is 2.30. The fraction of sp³-hybridized carbons (Fsp3) is 0.552. The van der Waals surface area contributed by atoms with E-state index < -0.39 is 0 Å². The molecule has 2 unspecified atom stereocenters. The molecule has 0 spiro atoms. The molecule has 37 heavy (non-hydrogen) atoms. The molecule has 1 aromatic carbocycles. The average Bonchev–Trinajstić information content (AvgIpc) is 3.47. The van der Waals surface area contributed by atoms with E-state index in [0.29, 0.717) is 11.9 Å². The van der Waals surface area contributed by atoms with E-state index in [1.54, 1.807) is 7.11 Å². The van der Waals surface area contributed by atoms with Gasteiger partial charge in [-0.2, -0.15) is 0 Å². The van der Waals surface area contributed by atoms with Crippen molar-refractivity contribution in [3.63, 3.8) is 0 Å². The van der Waals surface area contributed by atoms with Crippen molar-refractivity contribution in [2.24, 2.45) is 17.6 Å². The molecule has 2 aromatic rings. The lowest BCUT2D eigenvalue weighted by Gasteiger charge is -2.37. The van der Waals surface area contributed by atoms with E-state index in [4.69, 9.17) is 15.5 Å². The standard InChI is InChI=1S/C29H40N6O2/c1-20(25(30)19-36)18-34-13-15-35(16-14-34)24-10-8-23(9-11-24)32-29-31-17-22-7-12-26(37-2)27(28(22)33-29)21-5-3-4-6-21/h8-11,17,19-21,25H,3-7,12-16,18,30H2,1-2H3,(H,31,32,33). The van der Waals surface area contributed by atoms with Crippen LogP contribution in [-0.2, 0) is 16.0 Å². The van der Waals surface area contributed by atoms with E-state index in [2.05, 4.69) is 44.4 Å². The summed E-state index contributed by atoms with van der Waals surface area (Å²) in [5, 5.41) is 3.42. The van der Waals surface area contributed by atoms with Gasteiger partial charge in [-0.05, 0) is 60.9 Å². The van der Waals surface area contributed by atoms with Crippen molar-refractivity contribution in [1.29, 1.82) is 0 Å². The average molecular weight is 505 g/mol. The summed E-state index contributed by atoms with van der Waals surface area (Å²) < 4.78 is 5.81. The van der Waals surface area contributed by atoms with Crippen LogP contribution in [0.5, 0.6) is 0 Å². The maximum absolute atomic E-state index is 11.0. The summed E-state index contributed by atoms with van der Waals surface area (Å²) in [5.41, 5.74) is 11.7. The smallest absolute Gasteiger partial charge is 0.227 e. The molecular formula is C29H40N6O2. The molecule has 0 bridgehead atoms. The Morgan fingerprint density at radius 1 is 1.14 bits per heavy atom. The molecule has 2 fully saturated rings. The molecule has 1 saturated carbocycles. The third-order valence-corrected chi connectivity index (χ3v) is 8.27. The number of allylic oxidation sites excluding steroid dienone is 2. The Bertz CT molecular complexity index is 1100. The highest BCUT2D eigenvalue weighted by molar-refractivity contribution is 5.72. The number of benzene rings is 1. The van der Waals surface area contributed by atoms with Gasteiger partial charge in [0, 0.05) is 62.3 Å². The van der Waals surface area contributed by atoms with E-state index in [9.17, 15) is 4.79 Å². The number of nitrogens with two attached hydrogens (primary N) is 1. The molecule has 5 rings (SSSR count). The first-order chi connectivity index (χ1) is 18.1. The van der Waals surface area contributed by atoms with Crippen LogP contribution in [0.25, 0.3) is 5.57 Å². The number of ether oxygens (including phenoxy) is 1. The van der Waals surface area contributed by atoms with Crippen LogP contribution in [0.15, 0.2) is 36.2 Å². The topological polar surface area (TPSA) is 96.6 Å². The Balaban J connectivity index is 1.22. The zero-order chi connectivity index (χ0) is 25.8. The predicted octanol–water partition coefficient (Wildman–Crippen LogP) is 4.00. The molecule has 0 amide bonds. The fourth-order valence-electron chi connectivity index (χ4n) is 5.98. The molecule has 3 aliphatic rings. The molecular weight excluding hydrogens is 464 g/mol. The number of piperazine rings is 1. The van der Waals surface area contributed by atoms with Gasteiger partial charge >= 0.3 is 0 Å². The number of rotatable bonds is 9. The van der Waals surface area contributed by atoms with E-state index >= 15 is 0 Å². The second-order valence-corrected chi connectivity index (χ2v) is 10.7.